The van der Waals surface area contributed by atoms with Crippen LogP contribution in [0.2, 0.25) is 0 Å². The lowest BCUT2D eigenvalue weighted by Crippen LogP contribution is -2.02. The lowest BCUT2D eigenvalue weighted by molar-refractivity contribution is 0.417. The number of hydrogen-bond donors (Lipinski definition) is 1. The molecule has 0 radical (unpaired) electrons. The predicted molar refractivity (Wildman–Crippen MR) is 87.2 cm³/mol. The van der Waals surface area contributed by atoms with E-state index in [2.05, 4.69) is 57.1 Å². The summed E-state index contributed by atoms with van der Waals surface area (Å²) in [6, 6.07) is 4.07. The summed E-state index contributed by atoms with van der Waals surface area (Å²) in [5.41, 5.74) is 3.05. The molecular formula is C14H16Br2N2O. The fraction of sp³-hybridized carbons (Fsp3) is 0.357. The molecule has 102 valence electrons. The second-order valence-corrected chi connectivity index (χ2v) is 5.85. The summed E-state index contributed by atoms with van der Waals surface area (Å²) in [4.78, 5) is 4.70. The Morgan fingerprint density at radius 3 is 2.53 bits per heavy atom. The topological polar surface area (TPSA) is 34.2 Å². The van der Waals surface area contributed by atoms with Gasteiger partial charge < -0.3 is 10.1 Å². The molecular weight excluding hydrogens is 372 g/mol. The Kier molecular flexibility index (Phi) is 4.68. The predicted octanol–water partition coefficient (Wildman–Crippen LogP) is 4.76. The standard InChI is InChI=1S/C14H16Br2N2O/c1-4-8-6-11(17-5-2)12-13(18-8)9(15)7-10(16)14(12)19-3/h6-7H,4-5H2,1-3H3,(H,17,18). The van der Waals surface area contributed by atoms with Crippen LogP contribution in [0.1, 0.15) is 19.5 Å². The summed E-state index contributed by atoms with van der Waals surface area (Å²) in [7, 11) is 1.68. The van der Waals surface area contributed by atoms with Gasteiger partial charge in [0.1, 0.15) is 5.75 Å². The van der Waals surface area contributed by atoms with Crippen molar-refractivity contribution in [3.05, 3.63) is 26.8 Å². The zero-order valence-electron chi connectivity index (χ0n) is 11.2. The number of benzene rings is 1. The van der Waals surface area contributed by atoms with Gasteiger partial charge in [0, 0.05) is 22.4 Å². The Morgan fingerprint density at radius 2 is 1.95 bits per heavy atom. The second kappa shape index (κ2) is 6.09. The Morgan fingerprint density at radius 1 is 1.21 bits per heavy atom. The van der Waals surface area contributed by atoms with Crippen LogP contribution in [0.15, 0.2) is 21.1 Å². The van der Waals surface area contributed by atoms with Crippen LogP contribution in [0.4, 0.5) is 5.69 Å². The SMILES string of the molecule is CCNc1cc(CC)nc2c(Br)cc(Br)c(OC)c12. The third-order valence-electron chi connectivity index (χ3n) is 2.93. The van der Waals surface area contributed by atoms with Crippen molar-refractivity contribution in [1.82, 2.24) is 4.98 Å². The summed E-state index contributed by atoms with van der Waals surface area (Å²) in [5, 5.41) is 4.40. The molecule has 0 aliphatic carbocycles. The van der Waals surface area contributed by atoms with E-state index in [0.29, 0.717) is 0 Å². The molecule has 0 amide bonds. The van der Waals surface area contributed by atoms with Gasteiger partial charge in [-0.15, -0.1) is 0 Å². The second-order valence-electron chi connectivity index (χ2n) is 4.14. The average Bonchev–Trinajstić information content (AvgIpc) is 2.40. The highest BCUT2D eigenvalue weighted by molar-refractivity contribution is 9.11. The number of methoxy groups -OCH3 is 1. The summed E-state index contributed by atoms with van der Waals surface area (Å²) < 4.78 is 7.40. The van der Waals surface area contributed by atoms with Crippen LogP contribution in [0.25, 0.3) is 10.9 Å². The number of halogens is 2. The highest BCUT2D eigenvalue weighted by Gasteiger charge is 2.16. The zero-order valence-corrected chi connectivity index (χ0v) is 14.4. The lowest BCUT2D eigenvalue weighted by Gasteiger charge is -2.15. The first kappa shape index (κ1) is 14.6. The third kappa shape index (κ3) is 2.72. The molecule has 0 aliphatic rings. The van der Waals surface area contributed by atoms with Crippen LogP contribution in [-0.2, 0) is 6.42 Å². The third-order valence-corrected chi connectivity index (χ3v) is 4.12. The number of hydrogen-bond acceptors (Lipinski definition) is 3. The number of aromatic nitrogens is 1. The zero-order chi connectivity index (χ0) is 14.0. The maximum absolute atomic E-state index is 5.53. The number of nitrogens with one attached hydrogen (secondary N) is 1. The highest BCUT2D eigenvalue weighted by atomic mass is 79.9. The van der Waals surface area contributed by atoms with Gasteiger partial charge in [-0.3, -0.25) is 4.98 Å². The van der Waals surface area contributed by atoms with Crippen LogP contribution in [-0.4, -0.2) is 18.6 Å². The molecule has 0 saturated heterocycles. The molecule has 19 heavy (non-hydrogen) atoms. The van der Waals surface area contributed by atoms with Gasteiger partial charge in [-0.05, 0) is 57.3 Å². The molecule has 5 heteroatoms. The minimum atomic E-state index is 0.810. The molecule has 0 saturated carbocycles. The van der Waals surface area contributed by atoms with Gasteiger partial charge in [-0.25, -0.2) is 0 Å². The molecule has 1 aromatic heterocycles. The van der Waals surface area contributed by atoms with Crippen molar-refractivity contribution in [2.24, 2.45) is 0 Å². The van der Waals surface area contributed by atoms with Crippen LogP contribution < -0.4 is 10.1 Å². The average molecular weight is 388 g/mol. The van der Waals surface area contributed by atoms with E-state index in [4.69, 9.17) is 9.72 Å². The van der Waals surface area contributed by atoms with E-state index in [9.17, 15) is 0 Å². The van der Waals surface area contributed by atoms with E-state index in [-0.39, 0.29) is 0 Å². The van der Waals surface area contributed by atoms with Crippen molar-refractivity contribution in [3.63, 3.8) is 0 Å². The molecule has 0 fully saturated rings. The van der Waals surface area contributed by atoms with Crippen molar-refractivity contribution in [3.8, 4) is 5.75 Å². The number of aryl methyl sites for hydroxylation is 1. The maximum atomic E-state index is 5.53. The van der Waals surface area contributed by atoms with Crippen LogP contribution in [0, 0.1) is 0 Å². The van der Waals surface area contributed by atoms with Crippen molar-refractivity contribution in [2.45, 2.75) is 20.3 Å². The van der Waals surface area contributed by atoms with Gasteiger partial charge >= 0.3 is 0 Å². The van der Waals surface area contributed by atoms with Crippen LogP contribution in [0.3, 0.4) is 0 Å². The smallest absolute Gasteiger partial charge is 0.144 e. The van der Waals surface area contributed by atoms with Crippen molar-refractivity contribution in [2.75, 3.05) is 19.0 Å². The van der Waals surface area contributed by atoms with E-state index in [1.165, 1.54) is 0 Å². The van der Waals surface area contributed by atoms with E-state index >= 15 is 0 Å². The molecule has 0 spiro atoms. The van der Waals surface area contributed by atoms with Gasteiger partial charge in [0.15, 0.2) is 0 Å². The van der Waals surface area contributed by atoms with Crippen LogP contribution >= 0.6 is 31.9 Å². The van der Waals surface area contributed by atoms with Crippen molar-refractivity contribution >= 4 is 48.5 Å². The summed E-state index contributed by atoms with van der Waals surface area (Å²) in [6.07, 6.45) is 0.902. The molecule has 3 nitrogen and oxygen atoms in total. The van der Waals surface area contributed by atoms with E-state index in [1.807, 2.05) is 6.07 Å². The highest BCUT2D eigenvalue weighted by Crippen LogP contribution is 2.41. The molecule has 0 aliphatic heterocycles. The van der Waals surface area contributed by atoms with E-state index < -0.39 is 0 Å². The maximum Gasteiger partial charge on any atom is 0.144 e. The number of pyridine rings is 1. The number of ether oxygens (including phenoxy) is 1. The van der Waals surface area contributed by atoms with Crippen molar-refractivity contribution < 1.29 is 4.74 Å². The minimum Gasteiger partial charge on any atom is -0.495 e. The van der Waals surface area contributed by atoms with Crippen molar-refractivity contribution in [1.29, 1.82) is 0 Å². The Hall–Kier alpha value is -0.810. The van der Waals surface area contributed by atoms with Gasteiger partial charge in [-0.2, -0.15) is 0 Å². The first-order chi connectivity index (χ1) is 9.12. The number of nitrogens with zero attached hydrogens (tertiary/aromatic N) is 1. The molecule has 0 bridgehead atoms. The lowest BCUT2D eigenvalue weighted by atomic mass is 10.1. The first-order valence-corrected chi connectivity index (χ1v) is 7.80. The molecule has 2 aromatic rings. The molecule has 0 unspecified atom stereocenters. The molecule has 0 atom stereocenters. The number of rotatable bonds is 4. The van der Waals surface area contributed by atoms with Gasteiger partial charge in [-0.1, -0.05) is 6.92 Å². The molecule has 1 N–H and O–H groups in total. The summed E-state index contributed by atoms with van der Waals surface area (Å²) in [6.45, 7) is 5.04. The van der Waals surface area contributed by atoms with Gasteiger partial charge in [0.2, 0.25) is 0 Å². The minimum absolute atomic E-state index is 0.810. The molecule has 2 rings (SSSR count). The summed E-state index contributed by atoms with van der Waals surface area (Å²) in [5.74, 6) is 0.810. The van der Waals surface area contributed by atoms with Gasteiger partial charge in [0.05, 0.1) is 22.5 Å². The monoisotopic (exact) mass is 386 g/mol. The number of fused-ring (bicyclic) bond motifs is 1. The quantitative estimate of drug-likeness (QED) is 0.820. The molecule has 1 heterocycles. The Labute approximate surface area is 130 Å². The largest absolute Gasteiger partial charge is 0.495 e. The van der Waals surface area contributed by atoms with Gasteiger partial charge in [0.25, 0.3) is 0 Å². The Bertz CT molecular complexity index is 614. The Balaban J connectivity index is 2.87. The van der Waals surface area contributed by atoms with Crippen LogP contribution in [0.5, 0.6) is 5.75 Å². The first-order valence-electron chi connectivity index (χ1n) is 6.21. The number of anilines is 1. The fourth-order valence-corrected chi connectivity index (χ4v) is 3.49. The van der Waals surface area contributed by atoms with E-state index in [0.717, 1.165) is 49.9 Å². The normalized spacial score (nSPS) is 10.8. The molecule has 1 aromatic carbocycles. The summed E-state index contributed by atoms with van der Waals surface area (Å²) >= 11 is 7.12. The fourth-order valence-electron chi connectivity index (χ4n) is 2.08. The van der Waals surface area contributed by atoms with E-state index in [1.54, 1.807) is 7.11 Å².